The van der Waals surface area contributed by atoms with Crippen molar-refractivity contribution in [2.24, 2.45) is 0 Å². The van der Waals surface area contributed by atoms with E-state index < -0.39 is 6.43 Å². The molecule has 1 atom stereocenters. The highest BCUT2D eigenvalue weighted by Crippen LogP contribution is 2.20. The summed E-state index contributed by atoms with van der Waals surface area (Å²) in [5, 5.41) is 2.94. The number of alkyl halides is 2. The van der Waals surface area contributed by atoms with Gasteiger partial charge in [-0.3, -0.25) is 0 Å². The zero-order valence-corrected chi connectivity index (χ0v) is 10.7. The monoisotopic (exact) mass is 254 g/mol. The molecular weight excluding hydrogens is 234 g/mol. The van der Waals surface area contributed by atoms with Gasteiger partial charge in [0.05, 0.1) is 6.54 Å². The Kier molecular flexibility index (Phi) is 4.53. The summed E-state index contributed by atoms with van der Waals surface area (Å²) in [6.07, 6.45) is -0.233. The minimum Gasteiger partial charge on any atom is -0.370 e. The van der Waals surface area contributed by atoms with Gasteiger partial charge in [-0.2, -0.15) is 0 Å². The van der Waals surface area contributed by atoms with Gasteiger partial charge in [-0.05, 0) is 37.5 Å². The second-order valence-corrected chi connectivity index (χ2v) is 4.92. The molecular formula is C14H20F2N2. The molecule has 1 saturated heterocycles. The lowest BCUT2D eigenvalue weighted by Crippen LogP contribution is -2.47. The fraction of sp³-hybridized carbons (Fsp3) is 0.571. The molecule has 0 amide bonds. The van der Waals surface area contributed by atoms with E-state index in [0.717, 1.165) is 25.9 Å². The zero-order chi connectivity index (χ0) is 13.0. The Balaban J connectivity index is 1.94. The molecule has 0 spiro atoms. The van der Waals surface area contributed by atoms with Crippen molar-refractivity contribution in [1.82, 2.24) is 5.32 Å². The predicted molar refractivity (Wildman–Crippen MR) is 70.4 cm³/mol. The first kappa shape index (κ1) is 13.3. The summed E-state index contributed by atoms with van der Waals surface area (Å²) in [6, 6.07) is 8.52. The van der Waals surface area contributed by atoms with Gasteiger partial charge in [0.25, 0.3) is 6.43 Å². The molecule has 0 radical (unpaired) electrons. The fourth-order valence-corrected chi connectivity index (χ4v) is 2.46. The number of anilines is 1. The summed E-state index contributed by atoms with van der Waals surface area (Å²) in [7, 11) is 0. The van der Waals surface area contributed by atoms with Crippen molar-refractivity contribution >= 4 is 5.69 Å². The number of nitrogens with zero attached hydrogens (tertiary/aromatic N) is 1. The minimum atomic E-state index is -2.26. The van der Waals surface area contributed by atoms with E-state index in [2.05, 4.69) is 35.3 Å². The second kappa shape index (κ2) is 6.14. The summed E-state index contributed by atoms with van der Waals surface area (Å²) in [6.45, 7) is 3.69. The van der Waals surface area contributed by atoms with E-state index in [-0.39, 0.29) is 12.6 Å². The lowest BCUT2D eigenvalue weighted by atomic mass is 10.0. The first-order chi connectivity index (χ1) is 8.65. The van der Waals surface area contributed by atoms with Crippen LogP contribution in [0, 0.1) is 6.92 Å². The molecule has 1 aliphatic rings. The molecule has 0 bridgehead atoms. The molecule has 2 rings (SSSR count). The quantitative estimate of drug-likeness (QED) is 0.889. The van der Waals surface area contributed by atoms with E-state index >= 15 is 0 Å². The molecule has 1 unspecified atom stereocenters. The Morgan fingerprint density at radius 3 is 3.00 bits per heavy atom. The number of piperidine rings is 1. The van der Waals surface area contributed by atoms with Crippen LogP contribution in [0.2, 0.25) is 0 Å². The van der Waals surface area contributed by atoms with Crippen molar-refractivity contribution in [1.29, 1.82) is 0 Å². The van der Waals surface area contributed by atoms with Crippen LogP contribution in [-0.4, -0.2) is 32.1 Å². The molecule has 2 nitrogen and oxygen atoms in total. The molecule has 1 N–H and O–H groups in total. The van der Waals surface area contributed by atoms with E-state index in [1.54, 1.807) is 0 Å². The van der Waals surface area contributed by atoms with Gasteiger partial charge in [-0.1, -0.05) is 12.1 Å². The maximum Gasteiger partial charge on any atom is 0.250 e. The Morgan fingerprint density at radius 1 is 1.44 bits per heavy atom. The smallest absolute Gasteiger partial charge is 0.250 e. The van der Waals surface area contributed by atoms with Gasteiger partial charge < -0.3 is 10.2 Å². The number of hydrogen-bond donors (Lipinski definition) is 1. The van der Waals surface area contributed by atoms with Crippen LogP contribution in [0.5, 0.6) is 0 Å². The van der Waals surface area contributed by atoms with Gasteiger partial charge in [0, 0.05) is 24.8 Å². The highest BCUT2D eigenvalue weighted by molar-refractivity contribution is 5.48. The summed E-state index contributed by atoms with van der Waals surface area (Å²) >= 11 is 0. The Morgan fingerprint density at radius 2 is 2.28 bits per heavy atom. The van der Waals surface area contributed by atoms with Gasteiger partial charge in [0.2, 0.25) is 0 Å². The summed E-state index contributed by atoms with van der Waals surface area (Å²) in [4.78, 5) is 2.28. The SMILES string of the molecule is Cc1cccc(N2CCCC(NCC(F)F)C2)c1. The molecule has 1 aromatic carbocycles. The van der Waals surface area contributed by atoms with E-state index in [1.807, 2.05) is 6.07 Å². The highest BCUT2D eigenvalue weighted by Gasteiger charge is 2.20. The summed E-state index contributed by atoms with van der Waals surface area (Å²) in [5.41, 5.74) is 2.42. The molecule has 1 aromatic rings. The van der Waals surface area contributed by atoms with Crippen molar-refractivity contribution in [3.05, 3.63) is 29.8 Å². The van der Waals surface area contributed by atoms with Crippen molar-refractivity contribution in [3.8, 4) is 0 Å². The maximum absolute atomic E-state index is 12.2. The number of nitrogens with one attached hydrogen (secondary N) is 1. The van der Waals surface area contributed by atoms with Crippen molar-refractivity contribution in [2.75, 3.05) is 24.5 Å². The molecule has 0 aliphatic carbocycles. The lowest BCUT2D eigenvalue weighted by Gasteiger charge is -2.35. The minimum absolute atomic E-state index is 0.174. The van der Waals surface area contributed by atoms with Gasteiger partial charge in [-0.15, -0.1) is 0 Å². The van der Waals surface area contributed by atoms with Crippen LogP contribution < -0.4 is 10.2 Å². The molecule has 1 heterocycles. The van der Waals surface area contributed by atoms with Gasteiger partial charge in [0.1, 0.15) is 0 Å². The first-order valence-corrected chi connectivity index (χ1v) is 6.48. The Labute approximate surface area is 107 Å². The van der Waals surface area contributed by atoms with Crippen molar-refractivity contribution in [3.63, 3.8) is 0 Å². The molecule has 1 aliphatic heterocycles. The van der Waals surface area contributed by atoms with Crippen LogP contribution in [0.4, 0.5) is 14.5 Å². The average Bonchev–Trinajstić information content (AvgIpc) is 2.37. The molecule has 1 fully saturated rings. The molecule has 0 aromatic heterocycles. The third-order valence-electron chi connectivity index (χ3n) is 3.35. The Bertz CT molecular complexity index is 382. The van der Waals surface area contributed by atoms with Crippen molar-refractivity contribution < 1.29 is 8.78 Å². The first-order valence-electron chi connectivity index (χ1n) is 6.48. The fourth-order valence-electron chi connectivity index (χ4n) is 2.46. The van der Waals surface area contributed by atoms with E-state index in [1.165, 1.54) is 11.3 Å². The van der Waals surface area contributed by atoms with Gasteiger partial charge in [-0.25, -0.2) is 8.78 Å². The van der Waals surface area contributed by atoms with Crippen LogP contribution >= 0.6 is 0 Å². The standard InChI is InChI=1S/C14H20F2N2/c1-11-4-2-6-13(8-11)18-7-3-5-12(10-18)17-9-14(15)16/h2,4,6,8,12,14,17H,3,5,7,9-10H2,1H3. The summed E-state index contributed by atoms with van der Waals surface area (Å²) in [5.74, 6) is 0. The van der Waals surface area contributed by atoms with Crippen LogP contribution in [-0.2, 0) is 0 Å². The number of halogens is 2. The predicted octanol–water partition coefficient (Wildman–Crippen LogP) is 2.82. The van der Waals surface area contributed by atoms with Crippen molar-refractivity contribution in [2.45, 2.75) is 32.2 Å². The number of aryl methyl sites for hydroxylation is 1. The van der Waals surface area contributed by atoms with Crippen LogP contribution in [0.3, 0.4) is 0 Å². The number of rotatable bonds is 4. The topological polar surface area (TPSA) is 15.3 Å². The normalized spacial score (nSPS) is 20.4. The average molecular weight is 254 g/mol. The van der Waals surface area contributed by atoms with Gasteiger partial charge >= 0.3 is 0 Å². The molecule has 4 heteroatoms. The lowest BCUT2D eigenvalue weighted by molar-refractivity contribution is 0.140. The molecule has 18 heavy (non-hydrogen) atoms. The van der Waals surface area contributed by atoms with E-state index in [0.29, 0.717) is 0 Å². The van der Waals surface area contributed by atoms with E-state index in [4.69, 9.17) is 0 Å². The Hall–Kier alpha value is -1.16. The third-order valence-corrected chi connectivity index (χ3v) is 3.35. The van der Waals surface area contributed by atoms with Crippen LogP contribution in [0.15, 0.2) is 24.3 Å². The largest absolute Gasteiger partial charge is 0.370 e. The zero-order valence-electron chi connectivity index (χ0n) is 10.7. The number of hydrogen-bond acceptors (Lipinski definition) is 2. The van der Waals surface area contributed by atoms with E-state index in [9.17, 15) is 8.78 Å². The summed E-state index contributed by atoms with van der Waals surface area (Å²) < 4.78 is 24.4. The van der Waals surface area contributed by atoms with Crippen LogP contribution in [0.25, 0.3) is 0 Å². The second-order valence-electron chi connectivity index (χ2n) is 4.92. The van der Waals surface area contributed by atoms with Crippen LogP contribution in [0.1, 0.15) is 18.4 Å². The third kappa shape index (κ3) is 3.67. The highest BCUT2D eigenvalue weighted by atomic mass is 19.3. The maximum atomic E-state index is 12.2. The molecule has 0 saturated carbocycles. The molecule has 100 valence electrons. The number of benzene rings is 1. The van der Waals surface area contributed by atoms with Gasteiger partial charge in [0.15, 0.2) is 0 Å².